The van der Waals surface area contributed by atoms with Gasteiger partial charge in [0.05, 0.1) is 0 Å². The molecule has 0 aliphatic heterocycles. The summed E-state index contributed by atoms with van der Waals surface area (Å²) in [6.45, 7) is 1.96. The molecule has 1 aliphatic carbocycles. The lowest BCUT2D eigenvalue weighted by Crippen LogP contribution is -2.19. The summed E-state index contributed by atoms with van der Waals surface area (Å²) in [5.74, 6) is 1.39. The summed E-state index contributed by atoms with van der Waals surface area (Å²) < 4.78 is 0. The first-order valence-corrected chi connectivity index (χ1v) is 6.47. The number of rotatable bonds is 3. The quantitative estimate of drug-likeness (QED) is 0.868. The highest BCUT2D eigenvalue weighted by Gasteiger charge is 2.17. The van der Waals surface area contributed by atoms with Gasteiger partial charge in [-0.05, 0) is 37.3 Å². The summed E-state index contributed by atoms with van der Waals surface area (Å²) in [6.07, 6.45) is 8.65. The Morgan fingerprint density at radius 1 is 1.41 bits per heavy atom. The molecule has 0 spiro atoms. The van der Waals surface area contributed by atoms with E-state index in [9.17, 15) is 4.79 Å². The second-order valence-corrected chi connectivity index (χ2v) is 4.93. The predicted molar refractivity (Wildman–Crippen MR) is 68.8 cm³/mol. The molecule has 3 heteroatoms. The number of nitrogens with one attached hydrogen (secondary N) is 1. The molecule has 1 aromatic heterocycles. The van der Waals surface area contributed by atoms with Crippen LogP contribution in [-0.4, -0.2) is 10.9 Å². The first-order valence-electron chi connectivity index (χ1n) is 6.47. The third-order valence-corrected chi connectivity index (χ3v) is 3.47. The van der Waals surface area contributed by atoms with E-state index in [-0.39, 0.29) is 5.91 Å². The molecule has 1 aromatic rings. The van der Waals surface area contributed by atoms with E-state index >= 15 is 0 Å². The zero-order chi connectivity index (χ0) is 12.1. The smallest absolute Gasteiger partial charge is 0.225 e. The van der Waals surface area contributed by atoms with Gasteiger partial charge in [0.15, 0.2) is 0 Å². The SMILES string of the molecule is Cc1cccnc1NC(=O)CC1CCCCC1. The number of anilines is 1. The molecule has 2 rings (SSSR count). The van der Waals surface area contributed by atoms with Crippen LogP contribution in [0.4, 0.5) is 5.82 Å². The minimum atomic E-state index is 0.110. The van der Waals surface area contributed by atoms with E-state index in [0.717, 1.165) is 5.56 Å². The van der Waals surface area contributed by atoms with Crippen LogP contribution in [0.2, 0.25) is 0 Å². The minimum absolute atomic E-state index is 0.110. The maximum atomic E-state index is 11.9. The van der Waals surface area contributed by atoms with E-state index in [2.05, 4.69) is 10.3 Å². The highest BCUT2D eigenvalue weighted by molar-refractivity contribution is 5.90. The standard InChI is InChI=1S/C14H20N2O/c1-11-6-5-9-15-14(11)16-13(17)10-12-7-3-2-4-8-12/h5-6,9,12H,2-4,7-8,10H2,1H3,(H,15,16,17). The summed E-state index contributed by atoms with van der Waals surface area (Å²) in [4.78, 5) is 16.1. The normalized spacial score (nSPS) is 16.8. The number of amides is 1. The van der Waals surface area contributed by atoms with Crippen LogP contribution < -0.4 is 5.32 Å². The second kappa shape index (κ2) is 5.80. The Hall–Kier alpha value is -1.38. The molecule has 17 heavy (non-hydrogen) atoms. The molecule has 0 radical (unpaired) electrons. The van der Waals surface area contributed by atoms with Gasteiger partial charge in [0.2, 0.25) is 5.91 Å². The molecule has 0 bridgehead atoms. The maximum absolute atomic E-state index is 11.9. The first-order chi connectivity index (χ1) is 8.25. The van der Waals surface area contributed by atoms with E-state index in [4.69, 9.17) is 0 Å². The number of nitrogens with zero attached hydrogens (tertiary/aromatic N) is 1. The fourth-order valence-electron chi connectivity index (χ4n) is 2.45. The molecular weight excluding hydrogens is 212 g/mol. The van der Waals surface area contributed by atoms with Gasteiger partial charge in [-0.1, -0.05) is 25.3 Å². The topological polar surface area (TPSA) is 42.0 Å². The van der Waals surface area contributed by atoms with Crippen LogP contribution in [0.15, 0.2) is 18.3 Å². The lowest BCUT2D eigenvalue weighted by Gasteiger charge is -2.20. The lowest BCUT2D eigenvalue weighted by atomic mass is 9.87. The lowest BCUT2D eigenvalue weighted by molar-refractivity contribution is -0.117. The van der Waals surface area contributed by atoms with Crippen molar-refractivity contribution in [3.8, 4) is 0 Å². The van der Waals surface area contributed by atoms with Gasteiger partial charge in [-0.2, -0.15) is 0 Å². The first kappa shape index (κ1) is 12.1. The van der Waals surface area contributed by atoms with Crippen LogP contribution in [0, 0.1) is 12.8 Å². The molecule has 1 fully saturated rings. The maximum Gasteiger partial charge on any atom is 0.225 e. The second-order valence-electron chi connectivity index (χ2n) is 4.93. The fraction of sp³-hybridized carbons (Fsp3) is 0.571. The highest BCUT2D eigenvalue weighted by atomic mass is 16.1. The molecule has 1 saturated carbocycles. The van der Waals surface area contributed by atoms with Crippen molar-refractivity contribution in [2.75, 3.05) is 5.32 Å². The summed E-state index contributed by atoms with van der Waals surface area (Å²) in [7, 11) is 0. The largest absolute Gasteiger partial charge is 0.310 e. The van der Waals surface area contributed by atoms with Crippen molar-refractivity contribution < 1.29 is 4.79 Å². The molecule has 1 amide bonds. The number of carbonyl (C=O) groups excluding carboxylic acids is 1. The van der Waals surface area contributed by atoms with Crippen LogP contribution >= 0.6 is 0 Å². The van der Waals surface area contributed by atoms with Crippen molar-refractivity contribution in [1.29, 1.82) is 0 Å². The third kappa shape index (κ3) is 3.55. The Bertz CT molecular complexity index is 384. The van der Waals surface area contributed by atoms with Gasteiger partial charge in [0, 0.05) is 12.6 Å². The van der Waals surface area contributed by atoms with Crippen molar-refractivity contribution in [3.05, 3.63) is 23.9 Å². The third-order valence-electron chi connectivity index (χ3n) is 3.47. The molecule has 92 valence electrons. The van der Waals surface area contributed by atoms with E-state index in [1.165, 1.54) is 32.1 Å². The zero-order valence-corrected chi connectivity index (χ0v) is 10.4. The van der Waals surface area contributed by atoms with Crippen molar-refractivity contribution in [1.82, 2.24) is 4.98 Å². The Balaban J connectivity index is 1.86. The number of aryl methyl sites for hydroxylation is 1. The highest BCUT2D eigenvalue weighted by Crippen LogP contribution is 2.26. The summed E-state index contributed by atoms with van der Waals surface area (Å²) in [5, 5.41) is 2.91. The number of carbonyl (C=O) groups is 1. The zero-order valence-electron chi connectivity index (χ0n) is 10.4. The monoisotopic (exact) mass is 232 g/mol. The van der Waals surface area contributed by atoms with Gasteiger partial charge in [-0.3, -0.25) is 4.79 Å². The van der Waals surface area contributed by atoms with Crippen LogP contribution in [0.25, 0.3) is 0 Å². The van der Waals surface area contributed by atoms with Gasteiger partial charge in [-0.15, -0.1) is 0 Å². The summed E-state index contributed by atoms with van der Waals surface area (Å²) >= 11 is 0. The van der Waals surface area contributed by atoms with Gasteiger partial charge < -0.3 is 5.32 Å². The number of hydrogen-bond donors (Lipinski definition) is 1. The van der Waals surface area contributed by atoms with Crippen LogP contribution in [-0.2, 0) is 4.79 Å². The van der Waals surface area contributed by atoms with Gasteiger partial charge in [0.25, 0.3) is 0 Å². The van der Waals surface area contributed by atoms with E-state index < -0.39 is 0 Å². The van der Waals surface area contributed by atoms with Crippen molar-refractivity contribution in [3.63, 3.8) is 0 Å². The predicted octanol–water partition coefficient (Wildman–Crippen LogP) is 3.30. The molecule has 0 aromatic carbocycles. The number of aromatic nitrogens is 1. The molecule has 1 aliphatic rings. The van der Waals surface area contributed by atoms with E-state index in [0.29, 0.717) is 18.2 Å². The fourth-order valence-corrected chi connectivity index (χ4v) is 2.45. The van der Waals surface area contributed by atoms with Crippen LogP contribution in [0.1, 0.15) is 44.1 Å². The average Bonchev–Trinajstić information content (AvgIpc) is 2.33. The molecule has 0 unspecified atom stereocenters. The molecule has 0 atom stereocenters. The van der Waals surface area contributed by atoms with Gasteiger partial charge >= 0.3 is 0 Å². The Morgan fingerprint density at radius 3 is 2.88 bits per heavy atom. The molecule has 3 nitrogen and oxygen atoms in total. The van der Waals surface area contributed by atoms with E-state index in [1.54, 1.807) is 6.20 Å². The molecule has 1 N–H and O–H groups in total. The Labute approximate surface area is 103 Å². The minimum Gasteiger partial charge on any atom is -0.310 e. The van der Waals surface area contributed by atoms with E-state index in [1.807, 2.05) is 19.1 Å². The Morgan fingerprint density at radius 2 is 2.18 bits per heavy atom. The number of hydrogen-bond acceptors (Lipinski definition) is 2. The molecule has 1 heterocycles. The van der Waals surface area contributed by atoms with Gasteiger partial charge in [-0.25, -0.2) is 4.98 Å². The van der Waals surface area contributed by atoms with Crippen molar-refractivity contribution in [2.24, 2.45) is 5.92 Å². The van der Waals surface area contributed by atoms with Crippen LogP contribution in [0.5, 0.6) is 0 Å². The average molecular weight is 232 g/mol. The van der Waals surface area contributed by atoms with Crippen LogP contribution in [0.3, 0.4) is 0 Å². The molecular formula is C14H20N2O. The van der Waals surface area contributed by atoms with Gasteiger partial charge in [0.1, 0.15) is 5.82 Å². The van der Waals surface area contributed by atoms with Crippen molar-refractivity contribution in [2.45, 2.75) is 45.4 Å². The Kier molecular flexibility index (Phi) is 4.13. The summed E-state index contributed by atoms with van der Waals surface area (Å²) in [6, 6.07) is 3.84. The molecule has 0 saturated heterocycles. The number of pyridine rings is 1. The van der Waals surface area contributed by atoms with Crippen molar-refractivity contribution >= 4 is 11.7 Å². The summed E-state index contributed by atoms with van der Waals surface area (Å²) in [5.41, 5.74) is 1.02.